The van der Waals surface area contributed by atoms with E-state index in [0.29, 0.717) is 35.6 Å². The average molecular weight is 528 g/mol. The molecule has 37 heavy (non-hydrogen) atoms. The standard InChI is InChI=1S/C26H21ClF2N4O4/c1-37-33-13-15(23-18(28)6-5-17(27)24(23)29)4-8-21(33)16(12-22(34)32-9-2-10-32)25-30-19-7-3-14(26(35)36)11-20(19)31-25/h3-8,11,13,16H,2,9-10,12H2,1H3,(H-,30,31,35,36)/p+1. The fourth-order valence-corrected chi connectivity index (χ4v) is 4.56. The van der Waals surface area contributed by atoms with E-state index >= 15 is 0 Å². The van der Waals surface area contributed by atoms with Gasteiger partial charge in [0.15, 0.2) is 5.82 Å². The van der Waals surface area contributed by atoms with Gasteiger partial charge in [0, 0.05) is 30.3 Å². The first-order valence-corrected chi connectivity index (χ1v) is 11.9. The van der Waals surface area contributed by atoms with E-state index in [9.17, 15) is 23.5 Å². The number of aromatic nitrogens is 3. The van der Waals surface area contributed by atoms with Gasteiger partial charge in [0.05, 0.1) is 32.7 Å². The molecule has 11 heteroatoms. The SMILES string of the molecule is CO[n+]1cc(-c2c(F)ccc(Cl)c2F)ccc1C(CC(=O)N1CCC1)c1nc2ccc(C(=O)O)cc2[nH]1. The molecule has 4 aromatic rings. The number of nitrogens with one attached hydrogen (secondary N) is 1. The number of aromatic carboxylic acids is 1. The monoisotopic (exact) mass is 527 g/mol. The number of hydrogen-bond acceptors (Lipinski definition) is 4. The molecule has 0 saturated carbocycles. The average Bonchev–Trinajstić information content (AvgIpc) is 3.27. The number of pyridine rings is 1. The maximum atomic E-state index is 14.7. The predicted octanol–water partition coefficient (Wildman–Crippen LogP) is 3.96. The summed E-state index contributed by atoms with van der Waals surface area (Å²) in [7, 11) is 1.39. The van der Waals surface area contributed by atoms with E-state index in [-0.39, 0.29) is 34.0 Å². The topological polar surface area (TPSA) is 99.4 Å². The third-order valence-electron chi connectivity index (χ3n) is 6.50. The molecule has 2 aromatic carbocycles. The Balaban J connectivity index is 1.61. The molecule has 1 fully saturated rings. The Bertz CT molecular complexity index is 1540. The highest BCUT2D eigenvalue weighted by Crippen LogP contribution is 2.32. The lowest BCUT2D eigenvalue weighted by molar-refractivity contribution is -0.890. The first-order valence-electron chi connectivity index (χ1n) is 11.5. The summed E-state index contributed by atoms with van der Waals surface area (Å²) in [5.41, 5.74) is 1.51. The Hall–Kier alpha value is -4.05. The van der Waals surface area contributed by atoms with Crippen LogP contribution in [0, 0.1) is 11.6 Å². The van der Waals surface area contributed by atoms with Crippen molar-refractivity contribution < 1.29 is 33.0 Å². The van der Waals surface area contributed by atoms with Crippen LogP contribution in [0.25, 0.3) is 22.2 Å². The minimum absolute atomic E-state index is 0.0498. The number of amides is 1. The number of hydrogen-bond donors (Lipinski definition) is 2. The van der Waals surface area contributed by atoms with Crippen molar-refractivity contribution in [2.75, 3.05) is 20.2 Å². The number of carbonyl (C=O) groups excluding carboxylic acids is 1. The van der Waals surface area contributed by atoms with Crippen molar-refractivity contribution in [2.45, 2.75) is 18.8 Å². The number of likely N-dealkylation sites (tertiary alicyclic amines) is 1. The van der Waals surface area contributed by atoms with Crippen molar-refractivity contribution in [1.82, 2.24) is 14.9 Å². The Morgan fingerprint density at radius 3 is 2.68 bits per heavy atom. The molecule has 0 spiro atoms. The molecule has 1 aliphatic heterocycles. The molecule has 3 heterocycles. The summed E-state index contributed by atoms with van der Waals surface area (Å²) in [5.74, 6) is -3.04. The van der Waals surface area contributed by atoms with Crippen LogP contribution < -0.4 is 9.57 Å². The van der Waals surface area contributed by atoms with Crippen LogP contribution in [0.15, 0.2) is 48.7 Å². The molecule has 190 valence electrons. The van der Waals surface area contributed by atoms with Gasteiger partial charge in [-0.25, -0.2) is 18.6 Å². The Labute approximate surface area is 215 Å². The van der Waals surface area contributed by atoms with Gasteiger partial charge >= 0.3 is 5.97 Å². The summed E-state index contributed by atoms with van der Waals surface area (Å²) >= 11 is 5.88. The zero-order chi connectivity index (χ0) is 26.3. The van der Waals surface area contributed by atoms with Gasteiger partial charge in [-0.15, -0.1) is 0 Å². The van der Waals surface area contributed by atoms with Crippen LogP contribution in [0.1, 0.15) is 40.6 Å². The van der Waals surface area contributed by atoms with Crippen LogP contribution in [0.4, 0.5) is 8.78 Å². The third-order valence-corrected chi connectivity index (χ3v) is 6.79. The summed E-state index contributed by atoms with van der Waals surface area (Å²) in [6.07, 6.45) is 2.40. The van der Waals surface area contributed by atoms with Crippen LogP contribution in [0.2, 0.25) is 5.02 Å². The van der Waals surface area contributed by atoms with E-state index in [1.54, 1.807) is 17.0 Å². The fourth-order valence-electron chi connectivity index (χ4n) is 4.40. The second kappa shape index (κ2) is 9.78. The highest BCUT2D eigenvalue weighted by Gasteiger charge is 2.34. The molecular weight excluding hydrogens is 506 g/mol. The molecule has 0 bridgehead atoms. The van der Waals surface area contributed by atoms with Crippen LogP contribution in [0.3, 0.4) is 0 Å². The van der Waals surface area contributed by atoms with Crippen LogP contribution >= 0.6 is 11.6 Å². The van der Waals surface area contributed by atoms with E-state index in [2.05, 4.69) is 9.97 Å². The van der Waals surface area contributed by atoms with E-state index in [0.717, 1.165) is 18.6 Å². The van der Waals surface area contributed by atoms with Gasteiger partial charge in [0.2, 0.25) is 17.8 Å². The molecular formula is C26H22ClF2N4O4+. The van der Waals surface area contributed by atoms with Crippen LogP contribution in [0.5, 0.6) is 0 Å². The first-order chi connectivity index (χ1) is 17.8. The lowest BCUT2D eigenvalue weighted by atomic mass is 9.96. The number of halogens is 3. The summed E-state index contributed by atoms with van der Waals surface area (Å²) < 4.78 is 30.6. The number of aromatic amines is 1. The van der Waals surface area contributed by atoms with Crippen molar-refractivity contribution in [1.29, 1.82) is 0 Å². The molecule has 1 atom stereocenters. The number of imidazole rings is 1. The van der Waals surface area contributed by atoms with Gasteiger partial charge in [0.25, 0.3) is 0 Å². The molecule has 2 aromatic heterocycles. The molecule has 1 unspecified atom stereocenters. The summed E-state index contributed by atoms with van der Waals surface area (Å²) in [6, 6.07) is 9.88. The van der Waals surface area contributed by atoms with Crippen molar-refractivity contribution in [3.05, 3.63) is 82.4 Å². The number of benzene rings is 2. The van der Waals surface area contributed by atoms with Crippen molar-refractivity contribution >= 4 is 34.5 Å². The number of fused-ring (bicyclic) bond motifs is 1. The van der Waals surface area contributed by atoms with Gasteiger partial charge in [-0.2, -0.15) is 0 Å². The van der Waals surface area contributed by atoms with Crippen LogP contribution in [-0.4, -0.2) is 52.1 Å². The van der Waals surface area contributed by atoms with Gasteiger partial charge in [-0.3, -0.25) is 9.63 Å². The third kappa shape index (κ3) is 4.60. The predicted molar refractivity (Wildman–Crippen MR) is 130 cm³/mol. The molecule has 2 N–H and O–H groups in total. The number of nitrogens with zero attached hydrogens (tertiary/aromatic N) is 3. The molecule has 0 radical (unpaired) electrons. The summed E-state index contributed by atoms with van der Waals surface area (Å²) in [4.78, 5) is 39.4. The van der Waals surface area contributed by atoms with Gasteiger partial charge in [-0.1, -0.05) is 11.6 Å². The number of carbonyl (C=O) groups is 2. The number of carboxylic acids is 1. The second-order valence-electron chi connectivity index (χ2n) is 8.72. The van der Waals surface area contributed by atoms with E-state index in [4.69, 9.17) is 16.4 Å². The zero-order valence-electron chi connectivity index (χ0n) is 19.7. The van der Waals surface area contributed by atoms with Gasteiger partial charge in [0.1, 0.15) is 24.7 Å². The molecule has 8 nitrogen and oxygen atoms in total. The zero-order valence-corrected chi connectivity index (χ0v) is 20.4. The number of rotatable bonds is 7. The van der Waals surface area contributed by atoms with Crippen LogP contribution in [-0.2, 0) is 4.79 Å². The van der Waals surface area contributed by atoms with Gasteiger partial charge < -0.3 is 15.0 Å². The van der Waals surface area contributed by atoms with Gasteiger partial charge in [-0.05, 0) is 42.8 Å². The highest BCUT2D eigenvalue weighted by molar-refractivity contribution is 6.31. The Kier molecular flexibility index (Phi) is 6.51. The molecule has 0 aliphatic carbocycles. The molecule has 5 rings (SSSR count). The number of carboxylic acid groups (broad SMARTS) is 1. The quantitative estimate of drug-likeness (QED) is 0.280. The van der Waals surface area contributed by atoms with Crippen molar-refractivity contribution in [3.63, 3.8) is 0 Å². The maximum absolute atomic E-state index is 14.7. The summed E-state index contributed by atoms with van der Waals surface area (Å²) in [6.45, 7) is 1.34. The van der Waals surface area contributed by atoms with E-state index < -0.39 is 23.5 Å². The fraction of sp³-hybridized carbons (Fsp3) is 0.231. The number of H-pyrrole nitrogens is 1. The lowest BCUT2D eigenvalue weighted by Crippen LogP contribution is -2.47. The maximum Gasteiger partial charge on any atom is 0.335 e. The summed E-state index contributed by atoms with van der Waals surface area (Å²) in [5, 5.41) is 9.11. The van der Waals surface area contributed by atoms with Crippen molar-refractivity contribution in [2.24, 2.45) is 0 Å². The smallest absolute Gasteiger partial charge is 0.335 e. The van der Waals surface area contributed by atoms with Crippen molar-refractivity contribution in [3.8, 4) is 11.1 Å². The molecule has 1 saturated heterocycles. The highest BCUT2D eigenvalue weighted by atomic mass is 35.5. The van der Waals surface area contributed by atoms with E-state index in [1.165, 1.54) is 36.2 Å². The second-order valence-corrected chi connectivity index (χ2v) is 9.13. The normalized spacial score (nSPS) is 13.9. The Morgan fingerprint density at radius 1 is 1.22 bits per heavy atom. The minimum Gasteiger partial charge on any atom is -0.478 e. The first kappa shape index (κ1) is 24.6. The Morgan fingerprint density at radius 2 is 2.00 bits per heavy atom. The van der Waals surface area contributed by atoms with E-state index in [1.807, 2.05) is 0 Å². The lowest BCUT2D eigenvalue weighted by Gasteiger charge is -2.31. The largest absolute Gasteiger partial charge is 0.478 e. The molecule has 1 amide bonds. The minimum atomic E-state index is -1.07. The molecule has 1 aliphatic rings.